The number of halogens is 1. The van der Waals surface area contributed by atoms with Crippen molar-refractivity contribution in [1.82, 2.24) is 10.2 Å². The van der Waals surface area contributed by atoms with Gasteiger partial charge in [0, 0.05) is 5.69 Å². The molecule has 2 aromatic rings. The SMILES string of the molecule is Cc1cc(C(=O)Nc2ccccc2)nnc1Cl. The second-order valence-electron chi connectivity index (χ2n) is 3.52. The quantitative estimate of drug-likeness (QED) is 0.888. The van der Waals surface area contributed by atoms with E-state index in [0.29, 0.717) is 10.8 Å². The molecule has 17 heavy (non-hydrogen) atoms. The number of para-hydroxylation sites is 1. The zero-order chi connectivity index (χ0) is 12.3. The maximum Gasteiger partial charge on any atom is 0.276 e. The lowest BCUT2D eigenvalue weighted by Crippen LogP contribution is -2.14. The van der Waals surface area contributed by atoms with Crippen molar-refractivity contribution >= 4 is 23.2 Å². The van der Waals surface area contributed by atoms with Gasteiger partial charge in [-0.3, -0.25) is 4.79 Å². The van der Waals surface area contributed by atoms with Gasteiger partial charge in [-0.25, -0.2) is 0 Å². The van der Waals surface area contributed by atoms with E-state index in [4.69, 9.17) is 11.6 Å². The van der Waals surface area contributed by atoms with E-state index in [-0.39, 0.29) is 11.6 Å². The maximum atomic E-state index is 11.8. The summed E-state index contributed by atoms with van der Waals surface area (Å²) in [6.45, 7) is 1.77. The molecule has 0 unspecified atom stereocenters. The second kappa shape index (κ2) is 4.93. The Morgan fingerprint density at radius 1 is 1.24 bits per heavy atom. The molecule has 1 heterocycles. The van der Waals surface area contributed by atoms with Gasteiger partial charge in [0.05, 0.1) is 0 Å². The number of nitrogens with one attached hydrogen (secondary N) is 1. The molecule has 0 aliphatic carbocycles. The van der Waals surface area contributed by atoms with Gasteiger partial charge in [0.25, 0.3) is 5.91 Å². The molecule has 0 spiro atoms. The number of nitrogens with zero attached hydrogens (tertiary/aromatic N) is 2. The van der Waals surface area contributed by atoms with Gasteiger partial charge in [0.15, 0.2) is 10.8 Å². The monoisotopic (exact) mass is 247 g/mol. The fourth-order valence-electron chi connectivity index (χ4n) is 1.30. The summed E-state index contributed by atoms with van der Waals surface area (Å²) in [6, 6.07) is 10.8. The lowest BCUT2D eigenvalue weighted by atomic mass is 10.2. The molecule has 0 bridgehead atoms. The van der Waals surface area contributed by atoms with Crippen LogP contribution in [0.15, 0.2) is 36.4 Å². The summed E-state index contributed by atoms with van der Waals surface area (Å²) < 4.78 is 0. The number of carbonyl (C=O) groups excluding carboxylic acids is 1. The van der Waals surface area contributed by atoms with Gasteiger partial charge in [0.2, 0.25) is 0 Å². The predicted octanol–water partition coefficient (Wildman–Crippen LogP) is 2.69. The molecule has 1 aromatic carbocycles. The van der Waals surface area contributed by atoms with E-state index in [1.807, 2.05) is 18.2 Å². The highest BCUT2D eigenvalue weighted by atomic mass is 35.5. The molecule has 1 N–H and O–H groups in total. The topological polar surface area (TPSA) is 54.9 Å². The Labute approximate surface area is 104 Å². The van der Waals surface area contributed by atoms with Crippen LogP contribution < -0.4 is 5.32 Å². The highest BCUT2D eigenvalue weighted by Crippen LogP contribution is 2.12. The van der Waals surface area contributed by atoms with Gasteiger partial charge in [-0.05, 0) is 30.7 Å². The van der Waals surface area contributed by atoms with Crippen LogP contribution in [0, 0.1) is 6.92 Å². The Morgan fingerprint density at radius 3 is 2.59 bits per heavy atom. The highest BCUT2D eigenvalue weighted by molar-refractivity contribution is 6.30. The summed E-state index contributed by atoms with van der Waals surface area (Å²) in [5, 5.41) is 10.5. The smallest absolute Gasteiger partial charge is 0.276 e. The first kappa shape index (κ1) is 11.5. The zero-order valence-electron chi connectivity index (χ0n) is 9.14. The van der Waals surface area contributed by atoms with E-state index >= 15 is 0 Å². The summed E-state index contributed by atoms with van der Waals surface area (Å²) in [5.74, 6) is -0.302. The molecule has 1 aromatic heterocycles. The fraction of sp³-hybridized carbons (Fsp3) is 0.0833. The third-order valence-electron chi connectivity index (χ3n) is 2.19. The molecule has 4 nitrogen and oxygen atoms in total. The van der Waals surface area contributed by atoms with Gasteiger partial charge in [0.1, 0.15) is 0 Å². The van der Waals surface area contributed by atoms with Crippen molar-refractivity contribution in [3.05, 3.63) is 52.8 Å². The first-order valence-corrected chi connectivity index (χ1v) is 5.41. The van der Waals surface area contributed by atoms with Crippen molar-refractivity contribution in [1.29, 1.82) is 0 Å². The maximum absolute atomic E-state index is 11.8. The number of benzene rings is 1. The average molecular weight is 248 g/mol. The number of rotatable bonds is 2. The molecule has 0 fully saturated rings. The van der Waals surface area contributed by atoms with Crippen molar-refractivity contribution in [2.75, 3.05) is 5.32 Å². The molecule has 0 saturated heterocycles. The molecule has 86 valence electrons. The molecular weight excluding hydrogens is 238 g/mol. The van der Waals surface area contributed by atoms with Crippen LogP contribution in [0.1, 0.15) is 16.1 Å². The van der Waals surface area contributed by atoms with E-state index in [1.165, 1.54) is 0 Å². The van der Waals surface area contributed by atoms with Crippen LogP contribution in [0.5, 0.6) is 0 Å². The molecule has 0 radical (unpaired) electrons. The number of hydrogen-bond acceptors (Lipinski definition) is 3. The third-order valence-corrected chi connectivity index (χ3v) is 2.56. The largest absolute Gasteiger partial charge is 0.321 e. The van der Waals surface area contributed by atoms with Gasteiger partial charge in [-0.1, -0.05) is 29.8 Å². The minimum atomic E-state index is -0.302. The summed E-state index contributed by atoms with van der Waals surface area (Å²) in [5.41, 5.74) is 1.68. The van der Waals surface area contributed by atoms with Crippen LogP contribution in [0.2, 0.25) is 5.15 Å². The summed E-state index contributed by atoms with van der Waals surface area (Å²) in [6.07, 6.45) is 0. The zero-order valence-corrected chi connectivity index (χ0v) is 9.90. The van der Waals surface area contributed by atoms with Crippen LogP contribution in [0.4, 0.5) is 5.69 Å². The van der Waals surface area contributed by atoms with Crippen LogP contribution in [-0.2, 0) is 0 Å². The van der Waals surface area contributed by atoms with Crippen molar-refractivity contribution in [3.8, 4) is 0 Å². The normalized spacial score (nSPS) is 10.0. The van der Waals surface area contributed by atoms with Gasteiger partial charge in [-0.2, -0.15) is 0 Å². The third kappa shape index (κ3) is 2.79. The van der Waals surface area contributed by atoms with E-state index in [9.17, 15) is 4.79 Å². The first-order chi connectivity index (χ1) is 8.16. The van der Waals surface area contributed by atoms with Crippen LogP contribution in [0.3, 0.4) is 0 Å². The predicted molar refractivity (Wildman–Crippen MR) is 66.2 cm³/mol. The van der Waals surface area contributed by atoms with Crippen molar-refractivity contribution in [3.63, 3.8) is 0 Å². The Balaban J connectivity index is 2.18. The molecule has 5 heteroatoms. The van der Waals surface area contributed by atoms with Crippen molar-refractivity contribution < 1.29 is 4.79 Å². The molecule has 0 saturated carbocycles. The highest BCUT2D eigenvalue weighted by Gasteiger charge is 2.10. The Morgan fingerprint density at radius 2 is 1.94 bits per heavy atom. The van der Waals surface area contributed by atoms with Crippen LogP contribution >= 0.6 is 11.6 Å². The number of hydrogen-bond donors (Lipinski definition) is 1. The van der Waals surface area contributed by atoms with Crippen LogP contribution in [-0.4, -0.2) is 16.1 Å². The molecule has 2 rings (SSSR count). The Bertz CT molecular complexity index is 543. The summed E-state index contributed by atoms with van der Waals surface area (Å²) in [7, 11) is 0. The summed E-state index contributed by atoms with van der Waals surface area (Å²) in [4.78, 5) is 11.8. The number of aromatic nitrogens is 2. The second-order valence-corrected chi connectivity index (χ2v) is 3.88. The van der Waals surface area contributed by atoms with E-state index < -0.39 is 0 Å². The Hall–Kier alpha value is -1.94. The van der Waals surface area contributed by atoms with Gasteiger partial charge in [-0.15, -0.1) is 10.2 Å². The number of aryl methyl sites for hydroxylation is 1. The number of carbonyl (C=O) groups is 1. The molecule has 0 atom stereocenters. The molecular formula is C12H10ClN3O. The number of amides is 1. The van der Waals surface area contributed by atoms with Gasteiger partial charge < -0.3 is 5.32 Å². The minimum Gasteiger partial charge on any atom is -0.321 e. The molecule has 0 aliphatic heterocycles. The summed E-state index contributed by atoms with van der Waals surface area (Å²) >= 11 is 5.74. The average Bonchev–Trinajstić information content (AvgIpc) is 2.34. The van der Waals surface area contributed by atoms with E-state index in [0.717, 1.165) is 5.56 Å². The van der Waals surface area contributed by atoms with Crippen LogP contribution in [0.25, 0.3) is 0 Å². The standard InChI is InChI=1S/C12H10ClN3O/c1-8-7-10(15-16-11(8)13)12(17)14-9-5-3-2-4-6-9/h2-7H,1H3,(H,14,17). The Kier molecular flexibility index (Phi) is 3.35. The van der Waals surface area contributed by atoms with E-state index in [2.05, 4.69) is 15.5 Å². The fourth-order valence-corrected chi connectivity index (χ4v) is 1.39. The van der Waals surface area contributed by atoms with E-state index in [1.54, 1.807) is 25.1 Å². The lowest BCUT2D eigenvalue weighted by molar-refractivity contribution is 0.102. The number of anilines is 1. The minimum absolute atomic E-state index is 0.246. The lowest BCUT2D eigenvalue weighted by Gasteiger charge is -2.04. The van der Waals surface area contributed by atoms with Crippen molar-refractivity contribution in [2.24, 2.45) is 0 Å². The first-order valence-electron chi connectivity index (χ1n) is 5.03. The van der Waals surface area contributed by atoms with Crippen molar-refractivity contribution in [2.45, 2.75) is 6.92 Å². The van der Waals surface area contributed by atoms with Gasteiger partial charge >= 0.3 is 0 Å². The molecule has 1 amide bonds. The molecule has 0 aliphatic rings.